The van der Waals surface area contributed by atoms with Gasteiger partial charge >= 0.3 is 7.91 Å². The number of para-hydroxylation sites is 2. The van der Waals surface area contributed by atoms with Gasteiger partial charge in [-0.05, 0) is 37.1 Å². The summed E-state index contributed by atoms with van der Waals surface area (Å²) in [6.45, 7) is 3.48. The molecule has 2 aromatic rings. The molecule has 19 heavy (non-hydrogen) atoms. The van der Waals surface area contributed by atoms with E-state index in [9.17, 15) is 8.76 Å². The Bertz CT molecular complexity index is 576. The second-order valence-corrected chi connectivity index (χ2v) is 5.37. The monoisotopic (exact) mass is 280 g/mol. The molecule has 0 bridgehead atoms. The average Bonchev–Trinajstić information content (AvgIpc) is 2.35. The highest BCUT2D eigenvalue weighted by Crippen LogP contribution is 2.50. The molecule has 0 aliphatic heterocycles. The molecule has 0 aliphatic rings. The number of rotatable bonds is 4. The van der Waals surface area contributed by atoms with Gasteiger partial charge in [0.1, 0.15) is 11.5 Å². The topological polar surface area (TPSA) is 35.5 Å². The summed E-state index contributed by atoms with van der Waals surface area (Å²) in [5.41, 5.74) is 1.38. The zero-order chi connectivity index (χ0) is 13.9. The molecule has 0 heterocycles. The summed E-state index contributed by atoms with van der Waals surface area (Å²) in [5, 5.41) is 0. The largest absolute Gasteiger partial charge is 0.628 e. The maximum atomic E-state index is 13.9. The van der Waals surface area contributed by atoms with E-state index in [1.807, 2.05) is 0 Å². The Morgan fingerprint density at radius 3 is 1.58 bits per heavy atom. The fourth-order valence-corrected chi connectivity index (χ4v) is 2.49. The van der Waals surface area contributed by atoms with E-state index < -0.39 is 7.91 Å². The maximum Gasteiger partial charge on any atom is 0.628 e. The van der Waals surface area contributed by atoms with Crippen molar-refractivity contribution < 1.29 is 17.8 Å². The fraction of sp³-hybridized carbons (Fsp3) is 0.143. The summed E-state index contributed by atoms with van der Waals surface area (Å²) in [7, 11) is -4.69. The highest BCUT2D eigenvalue weighted by Gasteiger charge is 2.29. The Balaban J connectivity index is 2.18. The molecule has 0 aromatic heterocycles. The molecule has 0 saturated heterocycles. The van der Waals surface area contributed by atoms with Crippen LogP contribution in [0.4, 0.5) is 4.20 Å². The molecule has 100 valence electrons. The van der Waals surface area contributed by atoms with Crippen LogP contribution in [0.15, 0.2) is 48.5 Å². The van der Waals surface area contributed by atoms with Gasteiger partial charge in [0.25, 0.3) is 0 Å². The fourth-order valence-electron chi connectivity index (χ4n) is 1.57. The molecular formula is C14H14FO3P. The van der Waals surface area contributed by atoms with Gasteiger partial charge in [-0.25, -0.2) is 4.57 Å². The minimum atomic E-state index is -4.69. The lowest BCUT2D eigenvalue weighted by Crippen LogP contribution is -1.98. The first-order valence-electron chi connectivity index (χ1n) is 5.78. The molecule has 2 rings (SSSR count). The Hall–Kier alpha value is -1.80. The van der Waals surface area contributed by atoms with Crippen molar-refractivity contribution in [1.29, 1.82) is 0 Å². The first-order chi connectivity index (χ1) is 8.98. The molecule has 3 nitrogen and oxygen atoms in total. The van der Waals surface area contributed by atoms with Gasteiger partial charge in [-0.1, -0.05) is 36.4 Å². The zero-order valence-electron chi connectivity index (χ0n) is 10.7. The van der Waals surface area contributed by atoms with Gasteiger partial charge in [0.2, 0.25) is 0 Å². The SMILES string of the molecule is Cc1ccccc1OP(=O)(F)Oc1ccccc1C. The van der Waals surface area contributed by atoms with E-state index in [4.69, 9.17) is 9.05 Å². The quantitative estimate of drug-likeness (QED) is 0.752. The van der Waals surface area contributed by atoms with Crippen molar-refractivity contribution in [2.75, 3.05) is 0 Å². The molecular weight excluding hydrogens is 266 g/mol. The molecule has 0 unspecified atom stereocenters. The van der Waals surface area contributed by atoms with Crippen LogP contribution in [0.25, 0.3) is 0 Å². The predicted molar refractivity (Wildman–Crippen MR) is 72.3 cm³/mol. The Morgan fingerprint density at radius 1 is 0.842 bits per heavy atom. The summed E-state index contributed by atoms with van der Waals surface area (Å²) in [4.78, 5) is 0. The lowest BCUT2D eigenvalue weighted by molar-refractivity contribution is 0.336. The van der Waals surface area contributed by atoms with E-state index in [-0.39, 0.29) is 11.5 Å². The Labute approximate surface area is 111 Å². The number of halogens is 1. The van der Waals surface area contributed by atoms with Gasteiger partial charge in [-0.3, -0.25) is 0 Å². The first-order valence-corrected chi connectivity index (χ1v) is 7.21. The van der Waals surface area contributed by atoms with E-state index in [1.54, 1.807) is 62.4 Å². The standard InChI is InChI=1S/C14H14FO3P/c1-11-7-3-5-9-13(11)17-19(15,16)18-14-10-6-4-8-12(14)2/h3-10H,1-2H3. The third-order valence-corrected chi connectivity index (χ3v) is 3.43. The average molecular weight is 280 g/mol. The van der Waals surface area contributed by atoms with Crippen LogP contribution in [0.2, 0.25) is 0 Å². The van der Waals surface area contributed by atoms with Crippen molar-refractivity contribution in [3.63, 3.8) is 0 Å². The van der Waals surface area contributed by atoms with Crippen molar-refractivity contribution in [2.45, 2.75) is 13.8 Å². The van der Waals surface area contributed by atoms with Gasteiger partial charge in [-0.2, -0.15) is 0 Å². The minimum Gasteiger partial charge on any atom is -0.392 e. The van der Waals surface area contributed by atoms with Crippen molar-refractivity contribution in [1.82, 2.24) is 0 Å². The second-order valence-electron chi connectivity index (χ2n) is 4.14. The van der Waals surface area contributed by atoms with Crippen LogP contribution in [0.5, 0.6) is 11.5 Å². The number of hydrogen-bond donors (Lipinski definition) is 0. The highest BCUT2D eigenvalue weighted by atomic mass is 31.2. The maximum absolute atomic E-state index is 13.9. The van der Waals surface area contributed by atoms with E-state index in [1.165, 1.54) is 0 Å². The van der Waals surface area contributed by atoms with Gasteiger partial charge in [0.15, 0.2) is 0 Å². The van der Waals surface area contributed by atoms with Crippen LogP contribution in [-0.2, 0) is 4.57 Å². The smallest absolute Gasteiger partial charge is 0.392 e. The van der Waals surface area contributed by atoms with Crippen molar-refractivity contribution >= 4 is 7.91 Å². The lowest BCUT2D eigenvalue weighted by Gasteiger charge is -2.14. The van der Waals surface area contributed by atoms with E-state index in [2.05, 4.69) is 0 Å². The minimum absolute atomic E-state index is 0.210. The van der Waals surface area contributed by atoms with Crippen LogP contribution in [0.3, 0.4) is 0 Å². The van der Waals surface area contributed by atoms with Crippen molar-refractivity contribution in [3.05, 3.63) is 59.7 Å². The third kappa shape index (κ3) is 3.58. The molecule has 0 N–H and O–H groups in total. The highest BCUT2D eigenvalue weighted by molar-refractivity contribution is 7.48. The van der Waals surface area contributed by atoms with E-state index >= 15 is 0 Å². The molecule has 0 atom stereocenters. The van der Waals surface area contributed by atoms with E-state index in [0.29, 0.717) is 11.1 Å². The first kappa shape index (κ1) is 13.6. The summed E-state index contributed by atoms with van der Waals surface area (Å²) < 4.78 is 35.4. The van der Waals surface area contributed by atoms with Crippen molar-refractivity contribution in [3.8, 4) is 11.5 Å². The number of benzene rings is 2. The van der Waals surface area contributed by atoms with Crippen LogP contribution >= 0.6 is 7.91 Å². The van der Waals surface area contributed by atoms with Gasteiger partial charge in [-0.15, -0.1) is 4.20 Å². The summed E-state index contributed by atoms with van der Waals surface area (Å²) >= 11 is 0. The lowest BCUT2D eigenvalue weighted by atomic mass is 10.2. The van der Waals surface area contributed by atoms with Crippen LogP contribution < -0.4 is 9.05 Å². The molecule has 0 amide bonds. The molecule has 0 fully saturated rings. The van der Waals surface area contributed by atoms with Crippen molar-refractivity contribution in [2.24, 2.45) is 0 Å². The number of aryl methyl sites for hydroxylation is 2. The molecule has 0 radical (unpaired) electrons. The van der Waals surface area contributed by atoms with Gasteiger partial charge in [0.05, 0.1) is 0 Å². The normalized spacial score (nSPS) is 11.1. The molecule has 5 heteroatoms. The molecule has 0 spiro atoms. The molecule has 2 aromatic carbocycles. The Kier molecular flexibility index (Phi) is 3.91. The zero-order valence-corrected chi connectivity index (χ0v) is 11.6. The summed E-state index contributed by atoms with van der Waals surface area (Å²) in [6.07, 6.45) is 0. The molecule has 0 saturated carbocycles. The Morgan fingerprint density at radius 2 is 1.21 bits per heavy atom. The van der Waals surface area contributed by atoms with Crippen LogP contribution in [0.1, 0.15) is 11.1 Å². The van der Waals surface area contributed by atoms with Gasteiger partial charge < -0.3 is 9.05 Å². The molecule has 0 aliphatic carbocycles. The summed E-state index contributed by atoms with van der Waals surface area (Å²) in [6, 6.07) is 13.5. The third-order valence-electron chi connectivity index (χ3n) is 2.60. The van der Waals surface area contributed by atoms with E-state index in [0.717, 1.165) is 0 Å². The van der Waals surface area contributed by atoms with Crippen LogP contribution in [-0.4, -0.2) is 0 Å². The van der Waals surface area contributed by atoms with Crippen LogP contribution in [0, 0.1) is 13.8 Å². The van der Waals surface area contributed by atoms with Gasteiger partial charge in [0, 0.05) is 0 Å². The predicted octanol–water partition coefficient (Wildman–Crippen LogP) is 4.84. The second kappa shape index (κ2) is 5.45. The summed E-state index contributed by atoms with van der Waals surface area (Å²) in [5.74, 6) is 0.420. The number of hydrogen-bond acceptors (Lipinski definition) is 3.